The maximum absolute atomic E-state index is 10.9. The van der Waals surface area contributed by atoms with Gasteiger partial charge in [0.2, 0.25) is 0 Å². The Balaban J connectivity index is 2.48. The maximum atomic E-state index is 10.9. The van der Waals surface area contributed by atoms with E-state index >= 15 is 0 Å². The van der Waals surface area contributed by atoms with Crippen molar-refractivity contribution in [2.24, 2.45) is 11.1 Å². The first-order chi connectivity index (χ1) is 4.60. The van der Waals surface area contributed by atoms with Crippen LogP contribution in [0.4, 0.5) is 0 Å². The number of rotatable bonds is 2. The number of hydrogen-bond donors (Lipinski definition) is 1. The number of carbonyl (C=O) groups excluding carboxylic acids is 1. The van der Waals surface area contributed by atoms with Crippen LogP contribution in [0.2, 0.25) is 0 Å². The first kappa shape index (κ1) is 7.54. The molecule has 1 fully saturated rings. The van der Waals surface area contributed by atoms with Crippen molar-refractivity contribution < 1.29 is 9.53 Å². The topological polar surface area (TPSA) is 52.3 Å². The molecule has 1 atom stereocenters. The first-order valence-electron chi connectivity index (χ1n) is 3.43. The smallest absolute Gasteiger partial charge is 0.323 e. The number of ether oxygens (including phenoxy) is 1. The normalized spacial score (nSPS) is 23.5. The second kappa shape index (κ2) is 2.23. The van der Waals surface area contributed by atoms with Crippen molar-refractivity contribution in [2.75, 3.05) is 7.11 Å². The zero-order chi connectivity index (χ0) is 7.78. The van der Waals surface area contributed by atoms with Gasteiger partial charge in [-0.05, 0) is 18.3 Å². The van der Waals surface area contributed by atoms with Crippen LogP contribution < -0.4 is 5.73 Å². The maximum Gasteiger partial charge on any atom is 0.323 e. The molecule has 2 N–H and O–H groups in total. The van der Waals surface area contributed by atoms with Crippen LogP contribution in [-0.4, -0.2) is 19.1 Å². The second-order valence-corrected chi connectivity index (χ2v) is 3.15. The minimum absolute atomic E-state index is 0.0348. The molecular formula is C7H13NO2. The number of carbonyl (C=O) groups is 1. The van der Waals surface area contributed by atoms with Crippen LogP contribution in [0.15, 0.2) is 0 Å². The summed E-state index contributed by atoms with van der Waals surface area (Å²) in [4.78, 5) is 10.9. The quantitative estimate of drug-likeness (QED) is 0.565. The lowest BCUT2D eigenvalue weighted by atomic mass is 10.0. The largest absolute Gasteiger partial charge is 0.468 e. The zero-order valence-electron chi connectivity index (χ0n) is 6.39. The molecule has 0 bridgehead atoms. The Morgan fingerprint density at radius 1 is 1.70 bits per heavy atom. The monoisotopic (exact) mass is 143 g/mol. The van der Waals surface area contributed by atoms with Crippen molar-refractivity contribution in [3.63, 3.8) is 0 Å². The van der Waals surface area contributed by atoms with Crippen LogP contribution in [0.3, 0.4) is 0 Å². The zero-order valence-corrected chi connectivity index (χ0v) is 6.39. The molecular weight excluding hydrogens is 130 g/mol. The molecule has 0 radical (unpaired) electrons. The van der Waals surface area contributed by atoms with E-state index in [9.17, 15) is 4.79 Å². The van der Waals surface area contributed by atoms with Gasteiger partial charge in [0.25, 0.3) is 0 Å². The molecule has 10 heavy (non-hydrogen) atoms. The first-order valence-corrected chi connectivity index (χ1v) is 3.43. The molecule has 0 aromatic heterocycles. The minimum Gasteiger partial charge on any atom is -0.468 e. The summed E-state index contributed by atoms with van der Waals surface area (Å²) in [5.41, 5.74) is 5.63. The number of nitrogens with two attached hydrogens (primary N) is 1. The van der Waals surface area contributed by atoms with Gasteiger partial charge in [0, 0.05) is 0 Å². The Labute approximate surface area is 60.5 Å². The number of hydrogen-bond acceptors (Lipinski definition) is 3. The van der Waals surface area contributed by atoms with E-state index in [0.29, 0.717) is 0 Å². The SMILES string of the molecule is COC(=O)C(N)C1(C)CC1. The van der Waals surface area contributed by atoms with Gasteiger partial charge in [0.05, 0.1) is 7.11 Å². The number of methoxy groups -OCH3 is 1. The summed E-state index contributed by atoms with van der Waals surface area (Å²) >= 11 is 0. The predicted molar refractivity (Wildman–Crippen MR) is 37.3 cm³/mol. The van der Waals surface area contributed by atoms with Crippen molar-refractivity contribution in [3.05, 3.63) is 0 Å². The fraction of sp³-hybridized carbons (Fsp3) is 0.857. The Kier molecular flexibility index (Phi) is 1.68. The summed E-state index contributed by atoms with van der Waals surface area (Å²) < 4.78 is 4.51. The summed E-state index contributed by atoms with van der Waals surface area (Å²) in [5.74, 6) is -0.292. The second-order valence-electron chi connectivity index (χ2n) is 3.15. The molecule has 58 valence electrons. The molecule has 3 heteroatoms. The lowest BCUT2D eigenvalue weighted by Crippen LogP contribution is -2.38. The molecule has 1 rings (SSSR count). The van der Waals surface area contributed by atoms with Crippen LogP contribution >= 0.6 is 0 Å². The third kappa shape index (κ3) is 1.14. The summed E-state index contributed by atoms with van der Waals surface area (Å²) in [7, 11) is 1.37. The molecule has 0 aromatic rings. The lowest BCUT2D eigenvalue weighted by Gasteiger charge is -2.14. The highest BCUT2D eigenvalue weighted by molar-refractivity contribution is 5.76. The van der Waals surface area contributed by atoms with Crippen LogP contribution in [0, 0.1) is 5.41 Å². The van der Waals surface area contributed by atoms with Crippen LogP contribution in [0.1, 0.15) is 19.8 Å². The molecule has 0 aromatic carbocycles. The summed E-state index contributed by atoms with van der Waals surface area (Å²) in [6, 6.07) is -0.419. The van der Waals surface area contributed by atoms with E-state index in [0.717, 1.165) is 12.8 Å². The summed E-state index contributed by atoms with van der Waals surface area (Å²) in [5, 5.41) is 0. The van der Waals surface area contributed by atoms with E-state index in [1.165, 1.54) is 7.11 Å². The molecule has 0 aliphatic heterocycles. The van der Waals surface area contributed by atoms with Crippen molar-refractivity contribution in [1.29, 1.82) is 0 Å². The van der Waals surface area contributed by atoms with Gasteiger partial charge in [0.15, 0.2) is 0 Å². The Morgan fingerprint density at radius 3 is 2.50 bits per heavy atom. The molecule has 1 aliphatic carbocycles. The fourth-order valence-electron chi connectivity index (χ4n) is 0.920. The minimum atomic E-state index is -0.419. The fourth-order valence-corrected chi connectivity index (χ4v) is 0.920. The van der Waals surface area contributed by atoms with Gasteiger partial charge in [0.1, 0.15) is 6.04 Å². The van der Waals surface area contributed by atoms with E-state index in [1.807, 2.05) is 6.92 Å². The summed E-state index contributed by atoms with van der Waals surface area (Å²) in [6.07, 6.45) is 2.09. The van der Waals surface area contributed by atoms with Gasteiger partial charge in [-0.15, -0.1) is 0 Å². The van der Waals surface area contributed by atoms with E-state index in [1.54, 1.807) is 0 Å². The number of esters is 1. The highest BCUT2D eigenvalue weighted by Crippen LogP contribution is 2.47. The average molecular weight is 143 g/mol. The van der Waals surface area contributed by atoms with Gasteiger partial charge in [-0.2, -0.15) is 0 Å². The van der Waals surface area contributed by atoms with Crippen molar-refractivity contribution in [3.8, 4) is 0 Å². The standard InChI is InChI=1S/C7H13NO2/c1-7(3-4-7)5(8)6(9)10-2/h5H,3-4,8H2,1-2H3. The average Bonchev–Trinajstić information content (AvgIpc) is 2.66. The highest BCUT2D eigenvalue weighted by atomic mass is 16.5. The van der Waals surface area contributed by atoms with Gasteiger partial charge in [-0.25, -0.2) is 0 Å². The highest BCUT2D eigenvalue weighted by Gasteiger charge is 2.46. The van der Waals surface area contributed by atoms with Crippen molar-refractivity contribution >= 4 is 5.97 Å². The third-order valence-corrected chi connectivity index (χ3v) is 2.24. The van der Waals surface area contributed by atoms with E-state index < -0.39 is 6.04 Å². The van der Waals surface area contributed by atoms with Gasteiger partial charge < -0.3 is 10.5 Å². The Bertz CT molecular complexity index is 152. The summed E-state index contributed by atoms with van der Waals surface area (Å²) in [6.45, 7) is 2.01. The molecule has 0 heterocycles. The van der Waals surface area contributed by atoms with Gasteiger partial charge in [-0.3, -0.25) is 4.79 Å². The molecule has 1 aliphatic rings. The van der Waals surface area contributed by atoms with E-state index in [2.05, 4.69) is 4.74 Å². The predicted octanol–water partition coefficient (Wildman–Crippen LogP) is 0.287. The lowest BCUT2D eigenvalue weighted by molar-refractivity contribution is -0.143. The van der Waals surface area contributed by atoms with Crippen molar-refractivity contribution in [1.82, 2.24) is 0 Å². The molecule has 1 saturated carbocycles. The van der Waals surface area contributed by atoms with Crippen LogP contribution in [0.25, 0.3) is 0 Å². The molecule has 0 spiro atoms. The van der Waals surface area contributed by atoms with E-state index in [4.69, 9.17) is 5.73 Å². The van der Waals surface area contributed by atoms with Crippen LogP contribution in [-0.2, 0) is 9.53 Å². The molecule has 0 amide bonds. The molecule has 1 unspecified atom stereocenters. The Morgan fingerprint density at radius 2 is 2.20 bits per heavy atom. The van der Waals surface area contributed by atoms with Crippen LogP contribution in [0.5, 0.6) is 0 Å². The van der Waals surface area contributed by atoms with Gasteiger partial charge in [-0.1, -0.05) is 6.92 Å². The third-order valence-electron chi connectivity index (χ3n) is 2.24. The van der Waals surface area contributed by atoms with E-state index in [-0.39, 0.29) is 11.4 Å². The Hall–Kier alpha value is -0.570. The molecule has 3 nitrogen and oxygen atoms in total. The van der Waals surface area contributed by atoms with Gasteiger partial charge >= 0.3 is 5.97 Å². The van der Waals surface area contributed by atoms with Crippen molar-refractivity contribution in [2.45, 2.75) is 25.8 Å². The molecule has 0 saturated heterocycles.